The van der Waals surface area contributed by atoms with E-state index in [1.807, 2.05) is 32.6 Å². The fourth-order valence-electron chi connectivity index (χ4n) is 4.31. The Kier molecular flexibility index (Phi) is 3.83. The molecular weight excluding hydrogens is 272 g/mol. The molecule has 0 saturated carbocycles. The van der Waals surface area contributed by atoms with Gasteiger partial charge in [0.25, 0.3) is 0 Å². The molecule has 0 bridgehead atoms. The predicted octanol–water partition coefficient (Wildman–Crippen LogP) is 0.129. The van der Waals surface area contributed by atoms with Crippen molar-refractivity contribution >= 4 is 0 Å². The van der Waals surface area contributed by atoms with Gasteiger partial charge in [0, 0.05) is 6.54 Å². The summed E-state index contributed by atoms with van der Waals surface area (Å²) in [5, 5.41) is 32.6. The molecule has 122 valence electrons. The maximum Gasteiger partial charge on any atom is 0.246 e. The fourth-order valence-corrected chi connectivity index (χ4v) is 4.31. The average molecular weight is 300 g/mol. The Balaban J connectivity index is 2.03. The maximum atomic E-state index is 11.2. The van der Waals surface area contributed by atoms with Gasteiger partial charge in [0.05, 0.1) is 12.1 Å². The third kappa shape index (κ3) is 2.08. The lowest BCUT2D eigenvalue weighted by atomic mass is 9.92. The molecule has 0 aliphatic carbocycles. The van der Waals surface area contributed by atoms with E-state index in [1.54, 1.807) is 4.90 Å². The lowest BCUT2D eigenvalue weighted by molar-refractivity contribution is -0.347. The van der Waals surface area contributed by atoms with E-state index in [0.29, 0.717) is 0 Å². The third-order valence-corrected chi connectivity index (χ3v) is 5.29. The van der Waals surface area contributed by atoms with Crippen molar-refractivity contribution in [2.75, 3.05) is 6.54 Å². The van der Waals surface area contributed by atoms with Crippen molar-refractivity contribution in [1.82, 2.24) is 9.80 Å². The minimum atomic E-state index is -1.50. The van der Waals surface area contributed by atoms with Gasteiger partial charge < -0.3 is 20.1 Å². The van der Waals surface area contributed by atoms with Crippen LogP contribution >= 0.6 is 0 Å². The van der Waals surface area contributed by atoms with Gasteiger partial charge in [0.2, 0.25) is 5.91 Å². The molecule has 6 atom stereocenters. The highest BCUT2D eigenvalue weighted by Gasteiger charge is 2.66. The maximum absolute atomic E-state index is 11.2. The van der Waals surface area contributed by atoms with E-state index < -0.39 is 24.5 Å². The van der Waals surface area contributed by atoms with E-state index in [0.717, 1.165) is 19.4 Å². The van der Waals surface area contributed by atoms with Crippen LogP contribution in [-0.2, 0) is 4.74 Å². The topological polar surface area (TPSA) is 76.4 Å². The molecule has 3 N–H and O–H groups in total. The second kappa shape index (κ2) is 5.15. The molecule has 0 aromatic carbocycles. The first-order valence-electron chi connectivity index (χ1n) is 8.09. The molecule has 3 aliphatic rings. The highest BCUT2D eigenvalue weighted by Crippen LogP contribution is 2.47. The normalized spacial score (nSPS) is 48.1. The second-order valence-corrected chi connectivity index (χ2v) is 7.35. The summed E-state index contributed by atoms with van der Waals surface area (Å²) in [6.45, 7) is 8.71. The molecule has 6 nitrogen and oxygen atoms in total. The monoisotopic (exact) mass is 300 g/mol. The molecule has 21 heavy (non-hydrogen) atoms. The van der Waals surface area contributed by atoms with Crippen molar-refractivity contribution < 1.29 is 20.1 Å². The summed E-state index contributed by atoms with van der Waals surface area (Å²) < 4.78 is 5.95. The van der Waals surface area contributed by atoms with Crippen LogP contribution in [0.3, 0.4) is 0 Å². The lowest BCUT2D eigenvalue weighted by Gasteiger charge is -2.54. The number of aliphatic hydroxyl groups is 3. The zero-order chi connectivity index (χ0) is 15.5. The molecule has 3 heterocycles. The smallest absolute Gasteiger partial charge is 0.246 e. The zero-order valence-corrected chi connectivity index (χ0v) is 13.3. The second-order valence-electron chi connectivity index (χ2n) is 7.35. The standard InChI is InChI=1S/C15H28N2O4/c1-8(2)11-13(18)16-7-5-6-10(16)15(20)17(11)14(19)12(21-15)9(3)4/h8-14,18-20H,5-7H2,1-4H3. The van der Waals surface area contributed by atoms with Crippen LogP contribution in [0, 0.1) is 11.8 Å². The molecule has 0 radical (unpaired) electrons. The molecule has 0 amide bonds. The van der Waals surface area contributed by atoms with Crippen LogP contribution in [0.1, 0.15) is 40.5 Å². The summed E-state index contributed by atoms with van der Waals surface area (Å²) in [5.74, 6) is -1.31. The first-order valence-corrected chi connectivity index (χ1v) is 8.09. The highest BCUT2D eigenvalue weighted by atomic mass is 16.7. The minimum absolute atomic E-state index is 0.0921. The summed E-state index contributed by atoms with van der Waals surface area (Å²) in [6, 6.07) is -0.621. The highest BCUT2D eigenvalue weighted by molar-refractivity contribution is 5.07. The predicted molar refractivity (Wildman–Crippen MR) is 76.9 cm³/mol. The number of piperazine rings is 1. The van der Waals surface area contributed by atoms with Gasteiger partial charge in [-0.25, -0.2) is 4.90 Å². The SMILES string of the molecule is CC(C)C1OC2(O)C3CCCN3C(O)C(C(C)C)N2C1O. The van der Waals surface area contributed by atoms with Crippen LogP contribution in [0.5, 0.6) is 0 Å². The number of fused-ring (bicyclic) bond motifs is 3. The molecule has 0 aromatic heterocycles. The first kappa shape index (κ1) is 15.6. The molecule has 0 spiro atoms. The van der Waals surface area contributed by atoms with Crippen molar-refractivity contribution in [3.63, 3.8) is 0 Å². The van der Waals surface area contributed by atoms with E-state index >= 15 is 0 Å². The van der Waals surface area contributed by atoms with Gasteiger partial charge in [-0.2, -0.15) is 0 Å². The number of hydrogen-bond donors (Lipinski definition) is 3. The Hall–Kier alpha value is -0.240. The number of aliphatic hydroxyl groups excluding tert-OH is 2. The van der Waals surface area contributed by atoms with Gasteiger partial charge in [-0.1, -0.05) is 27.7 Å². The van der Waals surface area contributed by atoms with Gasteiger partial charge >= 0.3 is 0 Å². The first-order chi connectivity index (χ1) is 9.79. The van der Waals surface area contributed by atoms with Gasteiger partial charge in [-0.15, -0.1) is 0 Å². The lowest BCUT2D eigenvalue weighted by Crippen LogP contribution is -2.74. The zero-order valence-electron chi connectivity index (χ0n) is 13.3. The summed E-state index contributed by atoms with van der Waals surface area (Å²) in [5.41, 5.74) is 0. The van der Waals surface area contributed by atoms with Gasteiger partial charge in [0.1, 0.15) is 18.6 Å². The third-order valence-electron chi connectivity index (χ3n) is 5.29. The molecule has 3 saturated heterocycles. The fraction of sp³-hybridized carbons (Fsp3) is 1.00. The summed E-state index contributed by atoms with van der Waals surface area (Å²) >= 11 is 0. The summed E-state index contributed by atoms with van der Waals surface area (Å²) in [7, 11) is 0. The van der Waals surface area contributed by atoms with Gasteiger partial charge in [0.15, 0.2) is 0 Å². The van der Waals surface area contributed by atoms with Crippen molar-refractivity contribution in [3.8, 4) is 0 Å². The Morgan fingerprint density at radius 3 is 2.33 bits per heavy atom. The number of nitrogens with zero attached hydrogens (tertiary/aromatic N) is 2. The average Bonchev–Trinajstić information content (AvgIpc) is 2.97. The van der Waals surface area contributed by atoms with Gasteiger partial charge in [-0.05, 0) is 24.7 Å². The minimum Gasteiger partial charge on any atom is -0.377 e. The Labute approximate surface area is 126 Å². The Morgan fingerprint density at radius 1 is 1.10 bits per heavy atom. The summed E-state index contributed by atoms with van der Waals surface area (Å²) in [4.78, 5) is 3.57. The van der Waals surface area contributed by atoms with E-state index in [4.69, 9.17) is 4.74 Å². The van der Waals surface area contributed by atoms with Crippen molar-refractivity contribution in [2.24, 2.45) is 11.8 Å². The van der Waals surface area contributed by atoms with Crippen molar-refractivity contribution in [1.29, 1.82) is 0 Å². The van der Waals surface area contributed by atoms with Crippen LogP contribution in [0.2, 0.25) is 0 Å². The molecule has 0 aromatic rings. The Bertz CT molecular complexity index is 405. The number of rotatable bonds is 2. The van der Waals surface area contributed by atoms with Crippen molar-refractivity contribution in [2.45, 2.75) is 77.1 Å². The largest absolute Gasteiger partial charge is 0.377 e. The van der Waals surface area contributed by atoms with Crippen LogP contribution in [0.25, 0.3) is 0 Å². The van der Waals surface area contributed by atoms with E-state index in [1.165, 1.54) is 0 Å². The van der Waals surface area contributed by atoms with Crippen LogP contribution in [0.15, 0.2) is 0 Å². The number of ether oxygens (including phenoxy) is 1. The molecule has 3 aliphatic heterocycles. The van der Waals surface area contributed by atoms with E-state index in [2.05, 4.69) is 0 Å². The van der Waals surface area contributed by atoms with Crippen LogP contribution < -0.4 is 0 Å². The molecule has 6 unspecified atom stereocenters. The van der Waals surface area contributed by atoms with Crippen LogP contribution in [-0.4, -0.2) is 68.2 Å². The molecule has 3 rings (SSSR count). The quantitative estimate of drug-likeness (QED) is 0.673. The molecular formula is C15H28N2O4. The van der Waals surface area contributed by atoms with Gasteiger partial charge in [-0.3, -0.25) is 4.90 Å². The van der Waals surface area contributed by atoms with E-state index in [9.17, 15) is 15.3 Å². The van der Waals surface area contributed by atoms with Crippen LogP contribution in [0.4, 0.5) is 0 Å². The summed E-state index contributed by atoms with van der Waals surface area (Å²) in [6.07, 6.45) is -0.313. The van der Waals surface area contributed by atoms with Crippen molar-refractivity contribution in [3.05, 3.63) is 0 Å². The molecule has 6 heteroatoms. The molecule has 3 fully saturated rings. The number of hydrogen-bond acceptors (Lipinski definition) is 6. The van der Waals surface area contributed by atoms with E-state index in [-0.39, 0.29) is 23.9 Å². The Morgan fingerprint density at radius 2 is 1.76 bits per heavy atom.